The van der Waals surface area contributed by atoms with Gasteiger partial charge in [-0.2, -0.15) is 12.6 Å². The van der Waals surface area contributed by atoms with E-state index in [-0.39, 0.29) is 23.7 Å². The number of carbonyl (C=O) groups excluding carboxylic acids is 4. The summed E-state index contributed by atoms with van der Waals surface area (Å²) in [5.41, 5.74) is 0.915. The summed E-state index contributed by atoms with van der Waals surface area (Å²) >= 11 is 4.37. The van der Waals surface area contributed by atoms with Gasteiger partial charge < -0.3 is 20.7 Å². The topological polar surface area (TPSA) is 114 Å². The second-order valence-corrected chi connectivity index (χ2v) is 9.02. The van der Waals surface area contributed by atoms with Crippen LogP contribution in [0.5, 0.6) is 0 Å². The summed E-state index contributed by atoms with van der Waals surface area (Å²) in [6.45, 7) is 3.91. The second kappa shape index (κ2) is 15.3. The Labute approximate surface area is 202 Å². The summed E-state index contributed by atoms with van der Waals surface area (Å²) < 4.78 is 4.60. The average Bonchev–Trinajstić information content (AvgIpc) is 2.80. The van der Waals surface area contributed by atoms with Gasteiger partial charge in [0.05, 0.1) is 12.4 Å². The third-order valence-electron chi connectivity index (χ3n) is 5.14. The van der Waals surface area contributed by atoms with Gasteiger partial charge in [0.25, 0.3) is 0 Å². The molecule has 3 amide bonds. The van der Waals surface area contributed by atoms with Gasteiger partial charge in [-0.05, 0) is 30.7 Å². The number of amides is 3. The quantitative estimate of drug-likeness (QED) is 0.185. The number of rotatable bonds is 14. The van der Waals surface area contributed by atoms with Crippen molar-refractivity contribution in [1.29, 1.82) is 0 Å². The normalized spacial score (nSPS) is 13.5. The smallest absolute Gasteiger partial charge is 0.305 e. The molecule has 0 aliphatic carbocycles. The number of hydrogen-bond donors (Lipinski definition) is 4. The molecule has 0 radical (unpaired) electrons. The molecule has 33 heavy (non-hydrogen) atoms. The molecule has 3 N–H and O–H groups in total. The molecule has 8 nitrogen and oxygen atoms in total. The number of hydrogen-bond acceptors (Lipinski definition) is 6. The number of methoxy groups -OCH3 is 1. The molecule has 0 bridgehead atoms. The number of benzene rings is 1. The number of thiol groups is 1. The Morgan fingerprint density at radius 3 is 2.15 bits per heavy atom. The van der Waals surface area contributed by atoms with Gasteiger partial charge in [0, 0.05) is 19.9 Å². The van der Waals surface area contributed by atoms with Crippen LogP contribution in [0.4, 0.5) is 0 Å². The first kappa shape index (κ1) is 28.5. The lowest BCUT2D eigenvalue weighted by Gasteiger charge is -2.25. The van der Waals surface area contributed by atoms with Crippen molar-refractivity contribution in [2.24, 2.45) is 5.92 Å². The summed E-state index contributed by atoms with van der Waals surface area (Å²) in [7, 11) is 2.86. The highest BCUT2D eigenvalue weighted by atomic mass is 32.1. The Kier molecular flexibility index (Phi) is 13.2. The first-order valence-electron chi connectivity index (χ1n) is 11.3. The van der Waals surface area contributed by atoms with Gasteiger partial charge in [0.15, 0.2) is 0 Å². The molecule has 3 atom stereocenters. The standard InChI is InChI=1S/C24H37N3O5S/c1-16(2)14-18(27-24(31)20(33)12-8-9-13-21(28)32-4)23(30)26-19(22(29)25-3)15-17-10-6-5-7-11-17/h5-7,10-11,16,18-20,33H,8-9,12-15H2,1-4H3,(H,25,29)(H,26,30)(H,27,31). The third kappa shape index (κ3) is 11.2. The van der Waals surface area contributed by atoms with Crippen LogP contribution in [0.2, 0.25) is 0 Å². The maximum Gasteiger partial charge on any atom is 0.305 e. The van der Waals surface area contributed by atoms with E-state index in [9.17, 15) is 19.2 Å². The molecule has 1 aromatic rings. The number of likely N-dealkylation sites (N-methyl/N-ethyl adjacent to an activating group) is 1. The lowest BCUT2D eigenvalue weighted by Crippen LogP contribution is -2.55. The Morgan fingerprint density at radius 1 is 0.939 bits per heavy atom. The molecule has 1 rings (SSSR count). The summed E-state index contributed by atoms with van der Waals surface area (Å²) in [6, 6.07) is 7.86. The molecule has 0 aliphatic rings. The Hall–Kier alpha value is -2.55. The summed E-state index contributed by atoms with van der Waals surface area (Å²) in [4.78, 5) is 49.3. The van der Waals surface area contributed by atoms with E-state index in [0.717, 1.165) is 5.56 Å². The minimum atomic E-state index is -0.787. The van der Waals surface area contributed by atoms with E-state index in [1.807, 2.05) is 44.2 Å². The zero-order valence-electron chi connectivity index (χ0n) is 19.9. The van der Waals surface area contributed by atoms with Crippen molar-refractivity contribution in [3.8, 4) is 0 Å². The largest absolute Gasteiger partial charge is 0.469 e. The van der Waals surface area contributed by atoms with Crippen LogP contribution in [-0.4, -0.2) is 55.2 Å². The fourth-order valence-corrected chi connectivity index (χ4v) is 3.57. The predicted octanol–water partition coefficient (Wildman–Crippen LogP) is 2.02. The van der Waals surface area contributed by atoms with Gasteiger partial charge in [-0.1, -0.05) is 50.6 Å². The Balaban J connectivity index is 2.75. The lowest BCUT2D eigenvalue weighted by molar-refractivity contribution is -0.140. The van der Waals surface area contributed by atoms with Crippen LogP contribution in [0.3, 0.4) is 0 Å². The van der Waals surface area contributed by atoms with E-state index >= 15 is 0 Å². The number of ether oxygens (including phenoxy) is 1. The zero-order chi connectivity index (χ0) is 24.8. The number of esters is 1. The molecule has 0 aliphatic heterocycles. The van der Waals surface area contributed by atoms with Crippen molar-refractivity contribution in [3.63, 3.8) is 0 Å². The molecule has 0 fully saturated rings. The predicted molar refractivity (Wildman–Crippen MR) is 131 cm³/mol. The molecular formula is C24H37N3O5S. The number of nitrogens with one attached hydrogen (secondary N) is 3. The molecule has 0 spiro atoms. The average molecular weight is 480 g/mol. The molecule has 0 saturated carbocycles. The molecule has 1 aromatic carbocycles. The van der Waals surface area contributed by atoms with Gasteiger partial charge in [0.2, 0.25) is 17.7 Å². The van der Waals surface area contributed by atoms with Crippen molar-refractivity contribution in [3.05, 3.63) is 35.9 Å². The Bertz CT molecular complexity index is 773. The van der Waals surface area contributed by atoms with Gasteiger partial charge >= 0.3 is 5.97 Å². The minimum absolute atomic E-state index is 0.145. The van der Waals surface area contributed by atoms with Crippen molar-refractivity contribution in [1.82, 2.24) is 16.0 Å². The zero-order valence-corrected chi connectivity index (χ0v) is 20.8. The van der Waals surface area contributed by atoms with E-state index < -0.39 is 23.2 Å². The first-order valence-corrected chi connectivity index (χ1v) is 11.8. The fourth-order valence-electron chi connectivity index (χ4n) is 3.32. The lowest BCUT2D eigenvalue weighted by atomic mass is 10.0. The Morgan fingerprint density at radius 2 is 1.58 bits per heavy atom. The monoisotopic (exact) mass is 479 g/mol. The van der Waals surface area contributed by atoms with Crippen LogP contribution < -0.4 is 16.0 Å². The SMILES string of the molecule is CNC(=O)C(Cc1ccccc1)NC(=O)C(CC(C)C)NC(=O)C(S)CCCCC(=O)OC. The van der Waals surface area contributed by atoms with Gasteiger partial charge in [-0.15, -0.1) is 0 Å². The van der Waals surface area contributed by atoms with E-state index in [2.05, 4.69) is 33.3 Å². The van der Waals surface area contributed by atoms with Crippen LogP contribution in [-0.2, 0) is 30.3 Å². The highest BCUT2D eigenvalue weighted by Gasteiger charge is 2.28. The molecule has 3 unspecified atom stereocenters. The van der Waals surface area contributed by atoms with E-state index in [1.165, 1.54) is 14.2 Å². The second-order valence-electron chi connectivity index (χ2n) is 8.39. The van der Waals surface area contributed by atoms with Crippen LogP contribution in [0, 0.1) is 5.92 Å². The van der Waals surface area contributed by atoms with Gasteiger partial charge in [-0.25, -0.2) is 0 Å². The molecule has 9 heteroatoms. The maximum atomic E-state index is 13.0. The number of carbonyl (C=O) groups is 4. The van der Waals surface area contributed by atoms with Crippen LogP contribution in [0.25, 0.3) is 0 Å². The van der Waals surface area contributed by atoms with Gasteiger partial charge in [-0.3, -0.25) is 19.2 Å². The van der Waals surface area contributed by atoms with Crippen molar-refractivity contribution < 1.29 is 23.9 Å². The highest BCUT2D eigenvalue weighted by molar-refractivity contribution is 7.81. The maximum absolute atomic E-state index is 13.0. The summed E-state index contributed by atoms with van der Waals surface area (Å²) in [6.07, 6.45) is 2.75. The highest BCUT2D eigenvalue weighted by Crippen LogP contribution is 2.12. The first-order chi connectivity index (χ1) is 15.7. The molecule has 0 aromatic heterocycles. The molecule has 184 valence electrons. The van der Waals surface area contributed by atoms with E-state index in [1.54, 1.807) is 0 Å². The summed E-state index contributed by atoms with van der Waals surface area (Å²) in [5.74, 6) is -1.21. The number of unbranched alkanes of at least 4 members (excludes halogenated alkanes) is 1. The molecule has 0 saturated heterocycles. The molecular weight excluding hydrogens is 442 g/mol. The van der Waals surface area contributed by atoms with Crippen molar-refractivity contribution >= 4 is 36.3 Å². The van der Waals surface area contributed by atoms with Crippen LogP contribution in [0.1, 0.15) is 51.5 Å². The summed E-state index contributed by atoms with van der Waals surface area (Å²) in [5, 5.41) is 7.56. The minimum Gasteiger partial charge on any atom is -0.469 e. The molecule has 0 heterocycles. The van der Waals surface area contributed by atoms with Crippen molar-refractivity contribution in [2.45, 2.75) is 69.7 Å². The van der Waals surface area contributed by atoms with Crippen LogP contribution in [0.15, 0.2) is 30.3 Å². The van der Waals surface area contributed by atoms with E-state index in [4.69, 9.17) is 0 Å². The van der Waals surface area contributed by atoms with Crippen LogP contribution >= 0.6 is 12.6 Å². The third-order valence-corrected chi connectivity index (χ3v) is 5.63. The van der Waals surface area contributed by atoms with Gasteiger partial charge in [0.1, 0.15) is 12.1 Å². The fraction of sp³-hybridized carbons (Fsp3) is 0.583. The van der Waals surface area contributed by atoms with E-state index in [0.29, 0.717) is 38.5 Å². The van der Waals surface area contributed by atoms with Crippen molar-refractivity contribution in [2.75, 3.05) is 14.2 Å².